The SMILES string of the molecule is BN(C(=O)c1cc(/C(S)=C(\S)C(=O)OS)c(C(C)(C)C)nc1N1CC(C)CC1(C)C)S(=O)(=O)c1cccc(NC)n1. The zero-order valence-corrected chi connectivity index (χ0v) is 27.9. The van der Waals surface area contributed by atoms with Gasteiger partial charge in [0.25, 0.3) is 15.9 Å². The summed E-state index contributed by atoms with van der Waals surface area (Å²) < 4.78 is 32.4. The molecule has 1 amide bonds. The van der Waals surface area contributed by atoms with E-state index < -0.39 is 27.3 Å². The minimum absolute atomic E-state index is 0.0259. The van der Waals surface area contributed by atoms with Crippen molar-refractivity contribution in [3.63, 3.8) is 0 Å². The van der Waals surface area contributed by atoms with Gasteiger partial charge in [0.1, 0.15) is 16.5 Å². The highest BCUT2D eigenvalue weighted by atomic mass is 32.2. The fraction of sp³-hybridized carbons (Fsp3) is 0.462. The smallest absolute Gasteiger partial charge is 0.357 e. The molecule has 0 aliphatic carbocycles. The van der Waals surface area contributed by atoms with Gasteiger partial charge in [0.2, 0.25) is 7.98 Å². The standard InChI is InChI=1S/C26H36BN5O5S4/c1-14-12-26(5,6)31(13-14)22-16(23(33)32(27)41(35,36)18-10-8-9-17(28-7)29-18)11-15(21(30-22)25(2,3)4)19(38)20(39)24(34)37-40/h8-11,14,38-40H,12-13,27H2,1-7H3,(H,28,29)/b20-19+. The van der Waals surface area contributed by atoms with Crippen molar-refractivity contribution in [1.29, 1.82) is 0 Å². The Labute approximate surface area is 259 Å². The van der Waals surface area contributed by atoms with Gasteiger partial charge in [0.05, 0.1) is 11.3 Å². The second-order valence-electron chi connectivity index (χ2n) is 11.7. The Morgan fingerprint density at radius 3 is 2.34 bits per heavy atom. The first kappa shape index (κ1) is 33.2. The van der Waals surface area contributed by atoms with E-state index in [-0.39, 0.29) is 25.9 Å². The maximum absolute atomic E-state index is 14.2. The van der Waals surface area contributed by atoms with Gasteiger partial charge in [-0.15, -0.1) is 25.3 Å². The molecular formula is C26H36BN5O5S4. The molecule has 0 bridgehead atoms. The summed E-state index contributed by atoms with van der Waals surface area (Å²) in [5, 5.41) is 2.51. The minimum atomic E-state index is -4.35. The molecule has 3 heterocycles. The third-order valence-corrected chi connectivity index (χ3v) is 9.77. The Kier molecular flexibility index (Phi) is 9.78. The molecule has 0 spiro atoms. The number of amides is 1. The Balaban J connectivity index is 2.35. The number of carbonyl (C=O) groups is 2. The molecular weight excluding hydrogens is 601 g/mol. The Bertz CT molecular complexity index is 1510. The molecule has 222 valence electrons. The molecule has 1 fully saturated rings. The van der Waals surface area contributed by atoms with Gasteiger partial charge in [-0.2, -0.15) is 0 Å². The lowest BCUT2D eigenvalue weighted by atomic mass is 9.87. The van der Waals surface area contributed by atoms with E-state index in [0.717, 1.165) is 6.42 Å². The summed E-state index contributed by atoms with van der Waals surface area (Å²) in [5.41, 5.74) is -0.0380. The lowest BCUT2D eigenvalue weighted by molar-refractivity contribution is -0.127. The van der Waals surface area contributed by atoms with Crippen molar-refractivity contribution in [1.82, 2.24) is 14.2 Å². The van der Waals surface area contributed by atoms with E-state index in [0.29, 0.717) is 39.6 Å². The first-order valence-corrected chi connectivity index (χ1v) is 15.6. The van der Waals surface area contributed by atoms with Gasteiger partial charge in [-0.3, -0.25) is 9.01 Å². The van der Waals surface area contributed by atoms with Crippen molar-refractivity contribution in [2.24, 2.45) is 5.92 Å². The summed E-state index contributed by atoms with van der Waals surface area (Å²) in [4.78, 5) is 37.6. The maximum atomic E-state index is 14.2. The van der Waals surface area contributed by atoms with Crippen molar-refractivity contribution in [2.45, 2.75) is 63.9 Å². The molecule has 15 heteroatoms. The van der Waals surface area contributed by atoms with Gasteiger partial charge < -0.3 is 14.4 Å². The van der Waals surface area contributed by atoms with Gasteiger partial charge in [-0.25, -0.2) is 23.2 Å². The van der Waals surface area contributed by atoms with Crippen LogP contribution in [0.4, 0.5) is 11.6 Å². The first-order valence-electron chi connectivity index (χ1n) is 12.9. The van der Waals surface area contributed by atoms with Crippen LogP contribution in [0.2, 0.25) is 0 Å². The predicted octanol–water partition coefficient (Wildman–Crippen LogP) is 3.74. The molecule has 3 rings (SSSR count). The number of nitrogens with zero attached hydrogens (tertiary/aromatic N) is 4. The molecule has 41 heavy (non-hydrogen) atoms. The van der Waals surface area contributed by atoms with Crippen molar-refractivity contribution in [3.05, 3.63) is 46.0 Å². The van der Waals surface area contributed by atoms with E-state index in [2.05, 4.69) is 73.4 Å². The highest BCUT2D eigenvalue weighted by Crippen LogP contribution is 2.42. The average molecular weight is 638 g/mol. The molecule has 0 aromatic carbocycles. The van der Waals surface area contributed by atoms with Gasteiger partial charge in [0, 0.05) is 47.9 Å². The van der Waals surface area contributed by atoms with Crippen LogP contribution >= 0.6 is 38.2 Å². The van der Waals surface area contributed by atoms with Crippen LogP contribution in [0, 0.1) is 5.92 Å². The Morgan fingerprint density at radius 1 is 1.20 bits per heavy atom. The van der Waals surface area contributed by atoms with E-state index >= 15 is 0 Å². The number of nitrogens with one attached hydrogen (secondary N) is 1. The van der Waals surface area contributed by atoms with Gasteiger partial charge in [-0.1, -0.05) is 33.8 Å². The van der Waals surface area contributed by atoms with Gasteiger partial charge >= 0.3 is 5.97 Å². The summed E-state index contributed by atoms with van der Waals surface area (Å²) in [6, 6.07) is 6.00. The fourth-order valence-electron chi connectivity index (χ4n) is 4.96. The van der Waals surface area contributed by atoms with Crippen LogP contribution in [0.1, 0.15) is 69.6 Å². The number of pyridine rings is 2. The van der Waals surface area contributed by atoms with E-state index in [9.17, 15) is 18.0 Å². The summed E-state index contributed by atoms with van der Waals surface area (Å²) >= 11 is 12.4. The van der Waals surface area contributed by atoms with E-state index in [1.165, 1.54) is 26.2 Å². The number of hydrogen-bond donors (Lipinski definition) is 4. The number of anilines is 2. The van der Waals surface area contributed by atoms with Crippen LogP contribution in [0.15, 0.2) is 34.2 Å². The van der Waals surface area contributed by atoms with Crippen molar-refractivity contribution >= 4 is 84.6 Å². The van der Waals surface area contributed by atoms with E-state index in [1.807, 2.05) is 25.7 Å². The largest absolute Gasteiger partial charge is 0.391 e. The number of sulfonamides is 1. The molecule has 1 saturated heterocycles. The number of hydrogen-bond acceptors (Lipinski definition) is 12. The molecule has 0 saturated carbocycles. The molecule has 2 aromatic heterocycles. The monoisotopic (exact) mass is 637 g/mol. The van der Waals surface area contributed by atoms with E-state index in [1.54, 1.807) is 13.1 Å². The molecule has 1 atom stereocenters. The highest BCUT2D eigenvalue weighted by Gasteiger charge is 2.41. The van der Waals surface area contributed by atoms with Crippen molar-refractivity contribution in [3.8, 4) is 0 Å². The summed E-state index contributed by atoms with van der Waals surface area (Å²) in [6.45, 7) is 12.7. The van der Waals surface area contributed by atoms with Gasteiger partial charge in [0.15, 0.2) is 5.03 Å². The second kappa shape index (κ2) is 12.1. The molecule has 2 aromatic rings. The molecule has 1 aliphatic rings. The third-order valence-electron chi connectivity index (χ3n) is 6.92. The summed E-state index contributed by atoms with van der Waals surface area (Å²) in [5.74, 6) is -0.684. The lowest BCUT2D eigenvalue weighted by Gasteiger charge is -2.36. The zero-order chi connectivity index (χ0) is 31.1. The predicted molar refractivity (Wildman–Crippen MR) is 174 cm³/mol. The minimum Gasteiger partial charge on any atom is -0.391 e. The van der Waals surface area contributed by atoms with Crippen LogP contribution in [0.25, 0.3) is 4.91 Å². The number of aromatic nitrogens is 2. The molecule has 1 unspecified atom stereocenters. The molecule has 1 N–H and O–H groups in total. The molecule has 1 aliphatic heterocycles. The fourth-order valence-corrected chi connectivity index (χ4v) is 6.62. The van der Waals surface area contributed by atoms with Crippen molar-refractivity contribution < 1.29 is 22.2 Å². The Morgan fingerprint density at radius 2 is 1.83 bits per heavy atom. The molecule has 10 nitrogen and oxygen atoms in total. The van der Waals surface area contributed by atoms with Crippen LogP contribution in [0.3, 0.4) is 0 Å². The summed E-state index contributed by atoms with van der Waals surface area (Å²) in [7, 11) is -1.55. The quantitative estimate of drug-likeness (QED) is 0.156. The topological polar surface area (TPSA) is 122 Å². The Hall–Kier alpha value is -2.36. The van der Waals surface area contributed by atoms with Crippen LogP contribution in [-0.2, 0) is 24.4 Å². The zero-order valence-electron chi connectivity index (χ0n) is 24.4. The molecule has 0 radical (unpaired) electrons. The highest BCUT2D eigenvalue weighted by molar-refractivity contribution is 7.93. The third kappa shape index (κ3) is 6.68. The average Bonchev–Trinajstić information content (AvgIpc) is 3.20. The van der Waals surface area contributed by atoms with E-state index in [4.69, 9.17) is 4.98 Å². The first-order chi connectivity index (χ1) is 18.9. The van der Waals surface area contributed by atoms with Crippen LogP contribution in [0.5, 0.6) is 0 Å². The van der Waals surface area contributed by atoms with Crippen molar-refractivity contribution in [2.75, 3.05) is 23.8 Å². The van der Waals surface area contributed by atoms with Crippen LogP contribution in [-0.4, -0.2) is 61.6 Å². The maximum Gasteiger partial charge on any atom is 0.357 e. The van der Waals surface area contributed by atoms with Gasteiger partial charge in [-0.05, 0) is 44.4 Å². The lowest BCUT2D eigenvalue weighted by Crippen LogP contribution is -2.42. The number of carbonyl (C=O) groups excluding carboxylic acids is 2. The second-order valence-corrected chi connectivity index (χ2v) is 14.7. The number of thiol groups is 3. The normalized spacial score (nSPS) is 17.6. The summed E-state index contributed by atoms with van der Waals surface area (Å²) in [6.07, 6.45) is 0.843. The number of rotatable bonds is 7. The van der Waals surface area contributed by atoms with Crippen LogP contribution < -0.4 is 10.2 Å².